The van der Waals surface area contributed by atoms with Crippen LogP contribution in [0.15, 0.2) is 22.6 Å². The first-order valence-electron chi connectivity index (χ1n) is 4.58. The van der Waals surface area contributed by atoms with Crippen molar-refractivity contribution >= 4 is 15.9 Å². The van der Waals surface area contributed by atoms with Crippen LogP contribution in [0.2, 0.25) is 0 Å². The minimum Gasteiger partial charge on any atom is -0.415 e. The van der Waals surface area contributed by atoms with Crippen LogP contribution < -0.4 is 0 Å². The molecule has 1 heterocycles. The normalized spacial score (nSPS) is 11.1. The van der Waals surface area contributed by atoms with Crippen molar-refractivity contribution < 1.29 is 17.6 Å². The van der Waals surface area contributed by atoms with Crippen molar-refractivity contribution in [3.63, 3.8) is 0 Å². The third-order valence-electron chi connectivity index (χ3n) is 2.05. The van der Waals surface area contributed by atoms with Crippen molar-refractivity contribution in [1.82, 2.24) is 10.2 Å². The van der Waals surface area contributed by atoms with Crippen molar-refractivity contribution in [2.45, 2.75) is 11.8 Å². The Morgan fingerprint density at radius 3 is 2.59 bits per heavy atom. The molecule has 1 aromatic carbocycles. The van der Waals surface area contributed by atoms with Gasteiger partial charge in [0.1, 0.15) is 5.82 Å². The molecule has 0 aliphatic rings. The molecule has 0 N–H and O–H groups in total. The van der Waals surface area contributed by atoms with Crippen LogP contribution in [0.4, 0.5) is 13.2 Å². The fraction of sp³-hybridized carbons (Fsp3) is 0.200. The molecule has 2 aromatic rings. The summed E-state index contributed by atoms with van der Waals surface area (Å²) in [5.74, 6) is -1.66. The predicted octanol–water partition coefficient (Wildman–Crippen LogP) is 3.71. The molecule has 1 aromatic heterocycles. The van der Waals surface area contributed by atoms with Crippen LogP contribution in [0.1, 0.15) is 17.9 Å². The van der Waals surface area contributed by atoms with Crippen molar-refractivity contribution in [1.29, 1.82) is 0 Å². The van der Waals surface area contributed by atoms with Crippen molar-refractivity contribution in [3.8, 4) is 11.5 Å². The molecular weight excluding hydrogens is 301 g/mol. The summed E-state index contributed by atoms with van der Waals surface area (Å²) in [6.45, 7) is 0. The number of aromatic nitrogens is 2. The summed E-state index contributed by atoms with van der Waals surface area (Å²) in [4.78, 5) is 0. The Hall–Kier alpha value is -1.37. The highest BCUT2D eigenvalue weighted by atomic mass is 79.9. The molecule has 90 valence electrons. The van der Waals surface area contributed by atoms with E-state index in [1.54, 1.807) is 6.07 Å². The fourth-order valence-corrected chi connectivity index (χ4v) is 1.60. The zero-order chi connectivity index (χ0) is 12.4. The molecule has 0 saturated heterocycles. The lowest BCUT2D eigenvalue weighted by atomic mass is 10.1. The standard InChI is InChI=1S/C10H6BrF3N2O/c11-4-5-1-2-6(7(12)3-5)9-15-16-10(17-9)8(13)14/h1-3,8H,4H2. The number of halogens is 4. The van der Waals surface area contributed by atoms with E-state index in [4.69, 9.17) is 0 Å². The number of benzene rings is 1. The first kappa shape index (κ1) is 12.1. The van der Waals surface area contributed by atoms with Crippen LogP contribution in [0.3, 0.4) is 0 Å². The topological polar surface area (TPSA) is 38.9 Å². The summed E-state index contributed by atoms with van der Waals surface area (Å²) in [6, 6.07) is 4.32. The summed E-state index contributed by atoms with van der Waals surface area (Å²) < 4.78 is 42.7. The Balaban J connectivity index is 2.38. The maximum absolute atomic E-state index is 13.6. The van der Waals surface area contributed by atoms with Gasteiger partial charge in [-0.1, -0.05) is 22.0 Å². The van der Waals surface area contributed by atoms with Gasteiger partial charge in [-0.2, -0.15) is 8.78 Å². The maximum Gasteiger partial charge on any atom is 0.314 e. The molecule has 0 fully saturated rings. The van der Waals surface area contributed by atoms with Crippen molar-refractivity contribution in [2.75, 3.05) is 0 Å². The minimum absolute atomic E-state index is 0.00843. The van der Waals surface area contributed by atoms with Gasteiger partial charge in [0, 0.05) is 5.33 Å². The smallest absolute Gasteiger partial charge is 0.314 e. The lowest BCUT2D eigenvalue weighted by Gasteiger charge is -2.00. The second kappa shape index (κ2) is 4.87. The van der Waals surface area contributed by atoms with E-state index in [1.807, 2.05) is 0 Å². The van der Waals surface area contributed by atoms with Crippen LogP contribution in [0.5, 0.6) is 0 Å². The van der Waals surface area contributed by atoms with E-state index in [1.165, 1.54) is 12.1 Å². The van der Waals surface area contributed by atoms with Crippen molar-refractivity contribution in [2.24, 2.45) is 0 Å². The molecule has 0 spiro atoms. The summed E-state index contributed by atoms with van der Waals surface area (Å²) in [5.41, 5.74) is 0.731. The number of rotatable bonds is 3. The lowest BCUT2D eigenvalue weighted by molar-refractivity contribution is 0.116. The molecule has 0 aliphatic heterocycles. The Labute approximate surface area is 103 Å². The first-order valence-corrected chi connectivity index (χ1v) is 5.70. The summed E-state index contributed by atoms with van der Waals surface area (Å²) in [6.07, 6.45) is -2.86. The molecule has 7 heteroatoms. The Kier molecular flexibility index (Phi) is 3.46. The summed E-state index contributed by atoms with van der Waals surface area (Å²) >= 11 is 3.18. The van der Waals surface area contributed by atoms with Crippen LogP contribution in [-0.2, 0) is 5.33 Å². The van der Waals surface area contributed by atoms with E-state index in [-0.39, 0.29) is 11.5 Å². The second-order valence-electron chi connectivity index (χ2n) is 3.19. The predicted molar refractivity (Wildman–Crippen MR) is 57.3 cm³/mol. The minimum atomic E-state index is -2.86. The molecule has 0 unspecified atom stereocenters. The third kappa shape index (κ3) is 2.49. The lowest BCUT2D eigenvalue weighted by Crippen LogP contribution is -1.87. The van der Waals surface area contributed by atoms with Gasteiger partial charge in [0.2, 0.25) is 0 Å². The fourth-order valence-electron chi connectivity index (χ4n) is 1.25. The first-order chi connectivity index (χ1) is 8.11. The number of hydrogen-bond acceptors (Lipinski definition) is 3. The largest absolute Gasteiger partial charge is 0.415 e. The molecule has 17 heavy (non-hydrogen) atoms. The van der Waals surface area contributed by atoms with Gasteiger partial charge in [0.05, 0.1) is 5.56 Å². The Bertz CT molecular complexity index is 530. The molecular formula is C10H6BrF3N2O. The van der Waals surface area contributed by atoms with E-state index in [0.29, 0.717) is 5.33 Å². The van der Waals surface area contributed by atoms with Gasteiger partial charge in [-0.25, -0.2) is 4.39 Å². The quantitative estimate of drug-likeness (QED) is 0.812. The highest BCUT2D eigenvalue weighted by Gasteiger charge is 2.18. The molecule has 0 saturated carbocycles. The van der Waals surface area contributed by atoms with Gasteiger partial charge in [0.15, 0.2) is 0 Å². The molecule has 2 rings (SSSR count). The average molecular weight is 307 g/mol. The van der Waals surface area contributed by atoms with Gasteiger partial charge < -0.3 is 4.42 Å². The third-order valence-corrected chi connectivity index (χ3v) is 2.69. The molecule has 0 aliphatic carbocycles. The van der Waals surface area contributed by atoms with Gasteiger partial charge in [-0.3, -0.25) is 0 Å². The van der Waals surface area contributed by atoms with E-state index >= 15 is 0 Å². The Morgan fingerprint density at radius 2 is 2.06 bits per heavy atom. The van der Waals surface area contributed by atoms with Crippen molar-refractivity contribution in [3.05, 3.63) is 35.5 Å². The zero-order valence-electron chi connectivity index (χ0n) is 8.33. The van der Waals surface area contributed by atoms with Crippen LogP contribution in [0, 0.1) is 5.82 Å². The van der Waals surface area contributed by atoms with E-state index in [2.05, 4.69) is 30.5 Å². The number of alkyl halides is 3. The average Bonchev–Trinajstić information content (AvgIpc) is 2.78. The highest BCUT2D eigenvalue weighted by molar-refractivity contribution is 9.08. The monoisotopic (exact) mass is 306 g/mol. The van der Waals surface area contributed by atoms with E-state index in [9.17, 15) is 13.2 Å². The van der Waals surface area contributed by atoms with Crippen LogP contribution >= 0.6 is 15.9 Å². The molecule has 0 radical (unpaired) electrons. The van der Waals surface area contributed by atoms with E-state index in [0.717, 1.165) is 5.56 Å². The van der Waals surface area contributed by atoms with Gasteiger partial charge in [0.25, 0.3) is 11.8 Å². The zero-order valence-corrected chi connectivity index (χ0v) is 9.92. The van der Waals surface area contributed by atoms with Gasteiger partial charge in [-0.05, 0) is 17.7 Å². The van der Waals surface area contributed by atoms with Crippen LogP contribution in [0.25, 0.3) is 11.5 Å². The molecule has 0 bridgehead atoms. The SMILES string of the molecule is Fc1cc(CBr)ccc1-c1nnc(C(F)F)o1. The highest BCUT2D eigenvalue weighted by Crippen LogP contribution is 2.26. The van der Waals surface area contributed by atoms with Crippen LogP contribution in [-0.4, -0.2) is 10.2 Å². The molecule has 3 nitrogen and oxygen atoms in total. The molecule has 0 atom stereocenters. The summed E-state index contributed by atoms with van der Waals surface area (Å²) in [7, 11) is 0. The van der Waals surface area contributed by atoms with Gasteiger partial charge in [-0.15, -0.1) is 10.2 Å². The Morgan fingerprint density at radius 1 is 1.29 bits per heavy atom. The number of hydrogen-bond donors (Lipinski definition) is 0. The molecule has 0 amide bonds. The van der Waals surface area contributed by atoms with Gasteiger partial charge >= 0.3 is 6.43 Å². The number of nitrogens with zero attached hydrogens (tertiary/aromatic N) is 2. The second-order valence-corrected chi connectivity index (χ2v) is 3.75. The van der Waals surface area contributed by atoms with E-state index < -0.39 is 18.1 Å². The summed E-state index contributed by atoms with van der Waals surface area (Å²) in [5, 5.41) is 7.01. The maximum atomic E-state index is 13.6.